The summed E-state index contributed by atoms with van der Waals surface area (Å²) in [4.78, 5) is 16.8. The third-order valence-electron chi connectivity index (χ3n) is 4.91. The van der Waals surface area contributed by atoms with Crippen LogP contribution in [-0.4, -0.2) is 32.9 Å². The Morgan fingerprint density at radius 3 is 2.41 bits per heavy atom. The van der Waals surface area contributed by atoms with Crippen LogP contribution in [0.4, 0.5) is 17.2 Å². The fourth-order valence-electron chi connectivity index (χ4n) is 3.24. The Labute approximate surface area is 195 Å². The number of hydrogen-bond donors (Lipinski definition) is 2. The lowest BCUT2D eigenvalue weighted by Crippen LogP contribution is -2.12. The Morgan fingerprint density at radius 2 is 1.74 bits per heavy atom. The quantitative estimate of drug-likeness (QED) is 0.360. The van der Waals surface area contributed by atoms with Crippen LogP contribution in [0.25, 0.3) is 17.1 Å². The van der Waals surface area contributed by atoms with Crippen LogP contribution >= 0.6 is 0 Å². The van der Waals surface area contributed by atoms with Crippen molar-refractivity contribution in [3.05, 3.63) is 91.8 Å². The van der Waals surface area contributed by atoms with E-state index >= 15 is 0 Å². The van der Waals surface area contributed by atoms with Crippen LogP contribution in [0.1, 0.15) is 5.89 Å². The number of nitrogens with one attached hydrogen (secondary N) is 2. The molecule has 0 spiro atoms. The van der Waals surface area contributed by atoms with E-state index in [0.29, 0.717) is 28.9 Å². The molecule has 0 saturated heterocycles. The van der Waals surface area contributed by atoms with Gasteiger partial charge in [0.25, 0.3) is 10.0 Å². The van der Waals surface area contributed by atoms with E-state index in [2.05, 4.69) is 30.0 Å². The molecule has 0 aliphatic rings. The van der Waals surface area contributed by atoms with Crippen molar-refractivity contribution in [1.82, 2.24) is 24.5 Å². The van der Waals surface area contributed by atoms with E-state index in [0.717, 1.165) is 11.3 Å². The van der Waals surface area contributed by atoms with E-state index in [-0.39, 0.29) is 4.90 Å². The first-order valence-corrected chi connectivity index (χ1v) is 11.7. The zero-order chi connectivity index (χ0) is 23.5. The molecule has 2 N–H and O–H groups in total. The molecule has 11 heteroatoms. The van der Waals surface area contributed by atoms with Gasteiger partial charge in [0.1, 0.15) is 36.2 Å². The van der Waals surface area contributed by atoms with Crippen LogP contribution in [0.2, 0.25) is 0 Å². The predicted octanol–water partition coefficient (Wildman–Crippen LogP) is 4.17. The first-order chi connectivity index (χ1) is 16.5. The molecule has 34 heavy (non-hydrogen) atoms. The zero-order valence-electron chi connectivity index (χ0n) is 18.0. The molecule has 0 bridgehead atoms. The molecule has 0 radical (unpaired) electrons. The fraction of sp³-hybridized carbons (Fsp3) is 0.0435. The van der Waals surface area contributed by atoms with Gasteiger partial charge in [0.15, 0.2) is 5.89 Å². The van der Waals surface area contributed by atoms with Crippen LogP contribution in [-0.2, 0) is 10.0 Å². The van der Waals surface area contributed by atoms with Crippen molar-refractivity contribution in [3.8, 4) is 17.1 Å². The molecular formula is C23H19N7O3S. The molecule has 3 aromatic heterocycles. The van der Waals surface area contributed by atoms with Crippen LogP contribution in [0, 0.1) is 6.92 Å². The summed E-state index contributed by atoms with van der Waals surface area (Å²) in [5.74, 6) is 1.81. The fourth-order valence-corrected chi connectivity index (χ4v) is 4.29. The van der Waals surface area contributed by atoms with Crippen molar-refractivity contribution in [2.45, 2.75) is 11.8 Å². The number of imidazole rings is 1. The minimum atomic E-state index is -3.75. The van der Waals surface area contributed by atoms with Gasteiger partial charge in [-0.1, -0.05) is 12.1 Å². The minimum absolute atomic E-state index is 0.145. The summed E-state index contributed by atoms with van der Waals surface area (Å²) in [5, 5.41) is 3.18. The number of sulfonamides is 1. The van der Waals surface area contributed by atoms with E-state index in [1.807, 2.05) is 0 Å². The van der Waals surface area contributed by atoms with Crippen molar-refractivity contribution in [3.63, 3.8) is 0 Å². The van der Waals surface area contributed by atoms with E-state index in [4.69, 9.17) is 4.42 Å². The Balaban J connectivity index is 1.27. The van der Waals surface area contributed by atoms with Crippen LogP contribution in [0.15, 0.2) is 95.2 Å². The Kier molecular flexibility index (Phi) is 5.52. The molecule has 0 amide bonds. The lowest BCUT2D eigenvalue weighted by Gasteiger charge is -2.10. The lowest BCUT2D eigenvalue weighted by atomic mass is 10.2. The third kappa shape index (κ3) is 4.64. The second kappa shape index (κ2) is 8.79. The highest BCUT2D eigenvalue weighted by Gasteiger charge is 2.15. The maximum Gasteiger partial charge on any atom is 0.261 e. The summed E-state index contributed by atoms with van der Waals surface area (Å²) in [5.41, 5.74) is 2.60. The van der Waals surface area contributed by atoms with Crippen LogP contribution in [0.3, 0.4) is 0 Å². The Morgan fingerprint density at radius 1 is 0.971 bits per heavy atom. The van der Waals surface area contributed by atoms with Gasteiger partial charge in [-0.15, -0.1) is 0 Å². The molecule has 10 nitrogen and oxygen atoms in total. The van der Waals surface area contributed by atoms with Gasteiger partial charge in [-0.25, -0.2) is 28.4 Å². The second-order valence-electron chi connectivity index (χ2n) is 7.32. The molecule has 0 unspecified atom stereocenters. The van der Waals surface area contributed by atoms with Crippen LogP contribution < -0.4 is 10.0 Å². The monoisotopic (exact) mass is 473 g/mol. The number of benzene rings is 2. The molecule has 2 aromatic carbocycles. The number of oxazole rings is 1. The maximum atomic E-state index is 12.8. The highest BCUT2D eigenvalue weighted by atomic mass is 32.2. The van der Waals surface area contributed by atoms with Gasteiger partial charge >= 0.3 is 0 Å². The normalized spacial score (nSPS) is 11.3. The first kappa shape index (κ1) is 21.3. The molecule has 0 aliphatic carbocycles. The zero-order valence-corrected chi connectivity index (χ0v) is 18.8. The molecule has 0 saturated carbocycles. The number of aromatic nitrogens is 5. The molecular weight excluding hydrogens is 454 g/mol. The molecule has 0 fully saturated rings. The van der Waals surface area contributed by atoms with Crippen molar-refractivity contribution in [1.29, 1.82) is 0 Å². The van der Waals surface area contributed by atoms with Crippen molar-refractivity contribution in [2.75, 3.05) is 10.0 Å². The van der Waals surface area contributed by atoms with E-state index in [1.165, 1.54) is 24.7 Å². The lowest BCUT2D eigenvalue weighted by molar-refractivity contribution is 0.521. The smallest absolute Gasteiger partial charge is 0.261 e. The number of anilines is 3. The van der Waals surface area contributed by atoms with Gasteiger partial charge in [-0.05, 0) is 36.4 Å². The summed E-state index contributed by atoms with van der Waals surface area (Å²) in [7, 11) is -3.75. The largest absolute Gasteiger partial charge is 0.449 e. The van der Waals surface area contributed by atoms with Gasteiger partial charge in [0, 0.05) is 42.3 Å². The van der Waals surface area contributed by atoms with Crippen molar-refractivity contribution in [2.24, 2.45) is 0 Å². The van der Waals surface area contributed by atoms with Crippen molar-refractivity contribution >= 4 is 27.2 Å². The second-order valence-corrected chi connectivity index (χ2v) is 9.00. The average Bonchev–Trinajstić information content (AvgIpc) is 3.53. The van der Waals surface area contributed by atoms with Gasteiger partial charge in [0.05, 0.1) is 4.90 Å². The number of rotatable bonds is 7. The Hall–Kier alpha value is -4.51. The van der Waals surface area contributed by atoms with Crippen molar-refractivity contribution < 1.29 is 12.8 Å². The topological polar surface area (TPSA) is 128 Å². The van der Waals surface area contributed by atoms with E-state index in [9.17, 15) is 8.42 Å². The molecule has 5 aromatic rings. The SMILES string of the molecule is Cc1nc(-c2ccc(S(=O)(=O)Nc3ccc(Nc4cc(-n5ccnc5)ncn4)cc3)cc2)co1. The highest BCUT2D eigenvalue weighted by Crippen LogP contribution is 2.24. The molecule has 170 valence electrons. The third-order valence-corrected chi connectivity index (χ3v) is 6.31. The van der Waals surface area contributed by atoms with Crippen LogP contribution in [0.5, 0.6) is 0 Å². The molecule has 0 atom stereocenters. The van der Waals surface area contributed by atoms with Gasteiger partial charge in [-0.2, -0.15) is 0 Å². The standard InChI is InChI=1S/C23H19N7O3S/c1-16-27-21(13-33-16)17-2-8-20(9-3-17)34(31,32)29-19-6-4-18(5-7-19)28-22-12-23(26-14-25-22)30-11-10-24-15-30/h2-15,29H,1H3,(H,25,26,28). The summed E-state index contributed by atoms with van der Waals surface area (Å²) < 4.78 is 35.2. The van der Waals surface area contributed by atoms with Gasteiger partial charge in [-0.3, -0.25) is 9.29 Å². The predicted molar refractivity (Wildman–Crippen MR) is 126 cm³/mol. The summed E-state index contributed by atoms with van der Waals surface area (Å²) in [6.07, 6.45) is 8.09. The molecule has 3 heterocycles. The molecule has 5 rings (SSSR count). The average molecular weight is 474 g/mol. The highest BCUT2D eigenvalue weighted by molar-refractivity contribution is 7.92. The number of aryl methyl sites for hydroxylation is 1. The summed E-state index contributed by atoms with van der Waals surface area (Å²) >= 11 is 0. The Bertz CT molecular complexity index is 1510. The first-order valence-electron chi connectivity index (χ1n) is 10.2. The molecule has 0 aliphatic heterocycles. The summed E-state index contributed by atoms with van der Waals surface area (Å²) in [6, 6.07) is 15.1. The number of hydrogen-bond acceptors (Lipinski definition) is 8. The van der Waals surface area contributed by atoms with Gasteiger partial charge < -0.3 is 9.73 Å². The van der Waals surface area contributed by atoms with E-state index in [1.54, 1.807) is 72.7 Å². The minimum Gasteiger partial charge on any atom is -0.449 e. The van der Waals surface area contributed by atoms with Gasteiger partial charge in [0.2, 0.25) is 0 Å². The summed E-state index contributed by atoms with van der Waals surface area (Å²) in [6.45, 7) is 1.75. The number of nitrogens with zero attached hydrogens (tertiary/aromatic N) is 5. The van der Waals surface area contributed by atoms with E-state index < -0.39 is 10.0 Å². The maximum absolute atomic E-state index is 12.8.